The fourth-order valence-electron chi connectivity index (χ4n) is 2.19. The summed E-state index contributed by atoms with van der Waals surface area (Å²) in [7, 11) is 0. The molecule has 0 saturated carbocycles. The second kappa shape index (κ2) is 5.02. The third-order valence-electron chi connectivity index (χ3n) is 2.91. The van der Waals surface area contributed by atoms with Gasteiger partial charge in [0.1, 0.15) is 0 Å². The van der Waals surface area contributed by atoms with Gasteiger partial charge in [0.2, 0.25) is 0 Å². The first-order chi connectivity index (χ1) is 7.77. The number of hydrogen-bond donors (Lipinski definition) is 1. The van der Waals surface area contributed by atoms with Gasteiger partial charge in [0.25, 0.3) is 0 Å². The van der Waals surface area contributed by atoms with Gasteiger partial charge in [-0.3, -0.25) is 0 Å². The van der Waals surface area contributed by atoms with E-state index >= 15 is 0 Å². The molecule has 2 N–H and O–H groups in total. The van der Waals surface area contributed by atoms with Crippen LogP contribution in [0, 0.1) is 0 Å². The summed E-state index contributed by atoms with van der Waals surface area (Å²) in [6.45, 7) is 3.95. The van der Waals surface area contributed by atoms with Crippen LogP contribution in [0.5, 0.6) is 0 Å². The Hall–Kier alpha value is -0.800. The molecule has 2 nitrogen and oxygen atoms in total. The number of nitrogens with two attached hydrogens (primary N) is 1. The van der Waals surface area contributed by atoms with Crippen molar-refractivity contribution in [2.45, 2.75) is 26.3 Å². The molecule has 0 aliphatic rings. The van der Waals surface area contributed by atoms with E-state index in [4.69, 9.17) is 5.73 Å². The average Bonchev–Trinajstić information content (AvgIpc) is 2.65. The van der Waals surface area contributed by atoms with Crippen molar-refractivity contribution < 1.29 is 0 Å². The van der Waals surface area contributed by atoms with Crippen molar-refractivity contribution in [2.24, 2.45) is 5.73 Å². The zero-order chi connectivity index (χ0) is 11.5. The molecule has 16 heavy (non-hydrogen) atoms. The molecule has 0 radical (unpaired) electrons. The summed E-state index contributed by atoms with van der Waals surface area (Å²) >= 11 is 3.62. The highest BCUT2D eigenvalue weighted by Crippen LogP contribution is 2.27. The van der Waals surface area contributed by atoms with E-state index in [1.807, 2.05) is 0 Å². The molecule has 0 unspecified atom stereocenters. The van der Waals surface area contributed by atoms with Crippen LogP contribution in [0.1, 0.15) is 19.0 Å². The Bertz CT molecular complexity index is 488. The monoisotopic (exact) mass is 280 g/mol. The molecular weight excluding hydrogens is 264 g/mol. The molecular formula is C13H17BrN2. The maximum atomic E-state index is 5.57. The standard InChI is InChI=1S/C13H17BrN2/c1-2-16-11(6-4-8-15)9-10-5-3-7-12(14)13(10)16/h3,5,7,9H,2,4,6,8,15H2,1H3. The van der Waals surface area contributed by atoms with Crippen molar-refractivity contribution >= 4 is 26.8 Å². The highest BCUT2D eigenvalue weighted by molar-refractivity contribution is 9.10. The first-order valence-electron chi connectivity index (χ1n) is 5.74. The number of fused-ring (bicyclic) bond motifs is 1. The predicted molar refractivity (Wildman–Crippen MR) is 72.7 cm³/mol. The van der Waals surface area contributed by atoms with Gasteiger partial charge in [0, 0.05) is 22.1 Å². The molecule has 2 rings (SSSR count). The Morgan fingerprint density at radius 1 is 1.38 bits per heavy atom. The van der Waals surface area contributed by atoms with Crippen LogP contribution in [0.25, 0.3) is 10.9 Å². The minimum Gasteiger partial charge on any atom is -0.344 e. The lowest BCUT2D eigenvalue weighted by Gasteiger charge is -2.08. The smallest absolute Gasteiger partial charge is 0.0626 e. The van der Waals surface area contributed by atoms with Gasteiger partial charge in [0.05, 0.1) is 5.52 Å². The summed E-state index contributed by atoms with van der Waals surface area (Å²) in [5.74, 6) is 0. The average molecular weight is 281 g/mol. The fourth-order valence-corrected chi connectivity index (χ4v) is 2.78. The number of aryl methyl sites for hydroxylation is 2. The minimum absolute atomic E-state index is 0.756. The first-order valence-corrected chi connectivity index (χ1v) is 6.54. The Kier molecular flexibility index (Phi) is 3.66. The zero-order valence-electron chi connectivity index (χ0n) is 9.54. The van der Waals surface area contributed by atoms with E-state index in [1.54, 1.807) is 0 Å². The number of para-hydroxylation sites is 1. The van der Waals surface area contributed by atoms with Gasteiger partial charge < -0.3 is 10.3 Å². The van der Waals surface area contributed by atoms with Crippen LogP contribution in [-0.4, -0.2) is 11.1 Å². The van der Waals surface area contributed by atoms with E-state index in [-0.39, 0.29) is 0 Å². The van der Waals surface area contributed by atoms with Gasteiger partial charge >= 0.3 is 0 Å². The summed E-state index contributed by atoms with van der Waals surface area (Å²) in [4.78, 5) is 0. The van der Waals surface area contributed by atoms with Crippen LogP contribution in [-0.2, 0) is 13.0 Å². The molecule has 1 aromatic heterocycles. The SMILES string of the molecule is CCn1c(CCCN)cc2cccc(Br)c21. The van der Waals surface area contributed by atoms with Crippen LogP contribution >= 0.6 is 15.9 Å². The molecule has 0 amide bonds. The molecule has 86 valence electrons. The minimum atomic E-state index is 0.756. The quantitative estimate of drug-likeness (QED) is 0.915. The molecule has 0 aliphatic carbocycles. The van der Waals surface area contributed by atoms with E-state index in [1.165, 1.54) is 21.1 Å². The molecule has 1 heterocycles. The van der Waals surface area contributed by atoms with Gasteiger partial charge in [0.15, 0.2) is 0 Å². The van der Waals surface area contributed by atoms with E-state index in [2.05, 4.69) is 51.7 Å². The van der Waals surface area contributed by atoms with Gasteiger partial charge in [-0.2, -0.15) is 0 Å². The Morgan fingerprint density at radius 3 is 2.88 bits per heavy atom. The second-order valence-electron chi connectivity index (χ2n) is 3.95. The largest absolute Gasteiger partial charge is 0.344 e. The van der Waals surface area contributed by atoms with Crippen LogP contribution in [0.2, 0.25) is 0 Å². The first kappa shape index (κ1) is 11.7. The summed E-state index contributed by atoms with van der Waals surface area (Å²) in [6.07, 6.45) is 2.11. The third kappa shape index (κ3) is 2.02. The molecule has 1 aromatic carbocycles. The van der Waals surface area contributed by atoms with Gasteiger partial charge in [-0.25, -0.2) is 0 Å². The lowest BCUT2D eigenvalue weighted by Crippen LogP contribution is -2.05. The second-order valence-corrected chi connectivity index (χ2v) is 4.80. The van der Waals surface area contributed by atoms with Crippen molar-refractivity contribution in [1.29, 1.82) is 0 Å². The molecule has 0 saturated heterocycles. The van der Waals surface area contributed by atoms with Gasteiger partial charge in [-0.1, -0.05) is 12.1 Å². The number of benzene rings is 1. The zero-order valence-corrected chi connectivity index (χ0v) is 11.1. The summed E-state index contributed by atoms with van der Waals surface area (Å²) in [5, 5.41) is 1.31. The van der Waals surface area contributed by atoms with E-state index in [0.717, 1.165) is 25.9 Å². The van der Waals surface area contributed by atoms with Crippen LogP contribution < -0.4 is 5.73 Å². The fraction of sp³-hybridized carbons (Fsp3) is 0.385. The van der Waals surface area contributed by atoms with Crippen molar-refractivity contribution in [1.82, 2.24) is 4.57 Å². The number of aromatic nitrogens is 1. The molecule has 0 fully saturated rings. The van der Waals surface area contributed by atoms with Crippen LogP contribution in [0.15, 0.2) is 28.7 Å². The molecule has 0 atom stereocenters. The lowest BCUT2D eigenvalue weighted by atomic mass is 10.2. The van der Waals surface area contributed by atoms with Gasteiger partial charge in [-0.05, 0) is 54.4 Å². The lowest BCUT2D eigenvalue weighted by molar-refractivity contribution is 0.706. The van der Waals surface area contributed by atoms with Crippen molar-refractivity contribution in [2.75, 3.05) is 6.54 Å². The maximum Gasteiger partial charge on any atom is 0.0626 e. The number of nitrogens with zero attached hydrogens (tertiary/aromatic N) is 1. The van der Waals surface area contributed by atoms with Crippen molar-refractivity contribution in [3.63, 3.8) is 0 Å². The summed E-state index contributed by atoms with van der Waals surface area (Å²) in [5.41, 5.74) is 8.26. The Balaban J connectivity index is 2.53. The topological polar surface area (TPSA) is 30.9 Å². The number of halogens is 1. The normalized spacial score (nSPS) is 11.2. The van der Waals surface area contributed by atoms with E-state index in [0.29, 0.717) is 0 Å². The number of rotatable bonds is 4. The summed E-state index contributed by atoms with van der Waals surface area (Å²) in [6, 6.07) is 8.62. The highest BCUT2D eigenvalue weighted by atomic mass is 79.9. The highest BCUT2D eigenvalue weighted by Gasteiger charge is 2.09. The maximum absolute atomic E-state index is 5.57. The summed E-state index contributed by atoms with van der Waals surface area (Å²) < 4.78 is 3.54. The third-order valence-corrected chi connectivity index (χ3v) is 3.55. The molecule has 3 heteroatoms. The Morgan fingerprint density at radius 2 is 2.19 bits per heavy atom. The predicted octanol–water partition coefficient (Wildman–Crippen LogP) is 3.32. The molecule has 0 aliphatic heterocycles. The number of hydrogen-bond acceptors (Lipinski definition) is 1. The Labute approximate surface area is 105 Å². The molecule has 0 bridgehead atoms. The van der Waals surface area contributed by atoms with Crippen molar-refractivity contribution in [3.05, 3.63) is 34.4 Å². The van der Waals surface area contributed by atoms with Crippen LogP contribution in [0.4, 0.5) is 0 Å². The van der Waals surface area contributed by atoms with E-state index in [9.17, 15) is 0 Å². The molecule has 0 spiro atoms. The van der Waals surface area contributed by atoms with Crippen LogP contribution in [0.3, 0.4) is 0 Å². The van der Waals surface area contributed by atoms with Gasteiger partial charge in [-0.15, -0.1) is 0 Å². The van der Waals surface area contributed by atoms with Crippen molar-refractivity contribution in [3.8, 4) is 0 Å². The molecule has 2 aromatic rings. The van der Waals surface area contributed by atoms with E-state index < -0.39 is 0 Å².